The van der Waals surface area contributed by atoms with Crippen molar-refractivity contribution in [1.29, 1.82) is 0 Å². The van der Waals surface area contributed by atoms with Crippen molar-refractivity contribution >= 4 is 56.7 Å². The van der Waals surface area contributed by atoms with Gasteiger partial charge in [-0.3, -0.25) is 4.79 Å². The zero-order valence-corrected chi connectivity index (χ0v) is 15.5. The lowest BCUT2D eigenvalue weighted by atomic mass is 10.2. The Morgan fingerprint density at radius 3 is 2.58 bits per heavy atom. The molecule has 2 rings (SSSR count). The summed E-state index contributed by atoms with van der Waals surface area (Å²) in [7, 11) is 1.30. The van der Waals surface area contributed by atoms with E-state index in [0.29, 0.717) is 31.5 Å². The number of carbonyl (C=O) groups excluding carboxylic acids is 2. The number of hydrogen-bond acceptors (Lipinski definition) is 4. The van der Waals surface area contributed by atoms with E-state index in [2.05, 4.69) is 26.0 Å². The summed E-state index contributed by atoms with van der Waals surface area (Å²) in [5.74, 6) is -0.450. The van der Waals surface area contributed by atoms with Gasteiger partial charge in [0.15, 0.2) is 6.61 Å². The molecule has 1 amide bonds. The minimum Gasteiger partial charge on any atom is -0.483 e. The maximum Gasteiger partial charge on any atom is 0.337 e. The van der Waals surface area contributed by atoms with Gasteiger partial charge >= 0.3 is 5.97 Å². The Morgan fingerprint density at radius 2 is 1.92 bits per heavy atom. The Balaban J connectivity index is 1.99. The highest BCUT2D eigenvalue weighted by Gasteiger charge is 2.11. The van der Waals surface area contributed by atoms with E-state index in [1.807, 2.05) is 0 Å². The van der Waals surface area contributed by atoms with Crippen molar-refractivity contribution in [1.82, 2.24) is 0 Å². The quantitative estimate of drug-likeness (QED) is 0.703. The van der Waals surface area contributed by atoms with Gasteiger partial charge in [0, 0.05) is 5.02 Å². The van der Waals surface area contributed by atoms with Crippen molar-refractivity contribution in [2.75, 3.05) is 19.0 Å². The standard InChI is InChI=1S/C16H12BrCl2NO4/c1-23-16(22)9-2-5-14(11(17)6-9)24-8-15(21)20-13-7-10(18)3-4-12(13)19/h2-7H,8H2,1H3,(H,20,21). The van der Waals surface area contributed by atoms with Gasteiger partial charge < -0.3 is 14.8 Å². The van der Waals surface area contributed by atoms with Crippen LogP contribution in [-0.2, 0) is 9.53 Å². The van der Waals surface area contributed by atoms with Crippen LogP contribution < -0.4 is 10.1 Å². The molecule has 5 nitrogen and oxygen atoms in total. The van der Waals surface area contributed by atoms with Crippen LogP contribution in [0.25, 0.3) is 0 Å². The number of hydrogen-bond donors (Lipinski definition) is 1. The number of halogens is 3. The van der Waals surface area contributed by atoms with Gasteiger partial charge in [-0.1, -0.05) is 23.2 Å². The fourth-order valence-electron chi connectivity index (χ4n) is 1.79. The Bertz CT molecular complexity index is 783. The zero-order chi connectivity index (χ0) is 17.7. The van der Waals surface area contributed by atoms with Crippen LogP contribution in [0.15, 0.2) is 40.9 Å². The van der Waals surface area contributed by atoms with Crippen LogP contribution in [0, 0.1) is 0 Å². The summed E-state index contributed by atoms with van der Waals surface area (Å²) in [5.41, 5.74) is 0.768. The Labute approximate surface area is 157 Å². The number of carbonyl (C=O) groups is 2. The molecule has 0 saturated heterocycles. The normalized spacial score (nSPS) is 10.2. The van der Waals surface area contributed by atoms with Crippen molar-refractivity contribution < 1.29 is 19.1 Å². The fraction of sp³-hybridized carbons (Fsp3) is 0.125. The van der Waals surface area contributed by atoms with Crippen molar-refractivity contribution in [3.8, 4) is 5.75 Å². The molecule has 0 atom stereocenters. The molecular weight excluding hydrogens is 421 g/mol. The molecule has 0 fully saturated rings. The number of anilines is 1. The van der Waals surface area contributed by atoms with Crippen molar-refractivity contribution in [2.45, 2.75) is 0 Å². The second kappa shape index (κ2) is 8.37. The summed E-state index contributed by atoms with van der Waals surface area (Å²) in [6, 6.07) is 9.40. The van der Waals surface area contributed by atoms with Crippen molar-refractivity contribution in [2.24, 2.45) is 0 Å². The minimum atomic E-state index is -0.462. The Kier molecular flexibility index (Phi) is 6.48. The molecule has 0 unspecified atom stereocenters. The van der Waals surface area contributed by atoms with Crippen LogP contribution >= 0.6 is 39.1 Å². The smallest absolute Gasteiger partial charge is 0.337 e. The number of amides is 1. The molecule has 2 aromatic carbocycles. The van der Waals surface area contributed by atoms with Crippen molar-refractivity contribution in [3.05, 3.63) is 56.5 Å². The molecule has 0 aromatic heterocycles. The molecular formula is C16H12BrCl2NO4. The monoisotopic (exact) mass is 431 g/mol. The second-order valence-electron chi connectivity index (χ2n) is 4.60. The van der Waals surface area contributed by atoms with Gasteiger partial charge in [-0.05, 0) is 52.3 Å². The molecule has 0 saturated carbocycles. The SMILES string of the molecule is COC(=O)c1ccc(OCC(=O)Nc2cc(Cl)ccc2Cl)c(Br)c1. The Hall–Kier alpha value is -1.76. The number of ether oxygens (including phenoxy) is 2. The maximum absolute atomic E-state index is 12.0. The largest absolute Gasteiger partial charge is 0.483 e. The molecule has 0 aliphatic rings. The first-order valence-electron chi connectivity index (χ1n) is 6.66. The summed E-state index contributed by atoms with van der Waals surface area (Å²) in [6.07, 6.45) is 0. The number of rotatable bonds is 5. The third-order valence-corrected chi connectivity index (χ3v) is 4.10. The van der Waals surface area contributed by atoms with E-state index in [1.54, 1.807) is 30.3 Å². The average Bonchev–Trinajstić information content (AvgIpc) is 2.56. The second-order valence-corrected chi connectivity index (χ2v) is 6.30. The highest BCUT2D eigenvalue weighted by atomic mass is 79.9. The lowest BCUT2D eigenvalue weighted by Gasteiger charge is -2.11. The zero-order valence-electron chi connectivity index (χ0n) is 12.4. The van der Waals surface area contributed by atoms with Crippen LogP contribution in [0.3, 0.4) is 0 Å². The molecule has 126 valence electrons. The average molecular weight is 433 g/mol. The van der Waals surface area contributed by atoms with Crippen LogP contribution in [0.2, 0.25) is 10.0 Å². The lowest BCUT2D eigenvalue weighted by molar-refractivity contribution is -0.118. The highest BCUT2D eigenvalue weighted by molar-refractivity contribution is 9.10. The molecule has 2 aromatic rings. The molecule has 1 N–H and O–H groups in total. The number of methoxy groups -OCH3 is 1. The van der Waals surface area contributed by atoms with Crippen LogP contribution in [-0.4, -0.2) is 25.6 Å². The van der Waals surface area contributed by atoms with Gasteiger partial charge in [0.1, 0.15) is 5.75 Å². The molecule has 24 heavy (non-hydrogen) atoms. The van der Waals surface area contributed by atoms with E-state index >= 15 is 0 Å². The first-order valence-corrected chi connectivity index (χ1v) is 8.21. The van der Waals surface area contributed by atoms with Gasteiger partial charge in [-0.15, -0.1) is 0 Å². The van der Waals surface area contributed by atoms with Gasteiger partial charge in [0.25, 0.3) is 5.91 Å². The summed E-state index contributed by atoms with van der Waals surface area (Å²) in [5, 5.41) is 3.44. The van der Waals surface area contributed by atoms with E-state index in [0.717, 1.165) is 0 Å². The third-order valence-electron chi connectivity index (χ3n) is 2.91. The van der Waals surface area contributed by atoms with Gasteiger partial charge in [0.05, 0.1) is 27.9 Å². The molecule has 0 radical (unpaired) electrons. The van der Waals surface area contributed by atoms with Gasteiger partial charge in [-0.2, -0.15) is 0 Å². The van der Waals surface area contributed by atoms with E-state index in [9.17, 15) is 9.59 Å². The number of benzene rings is 2. The molecule has 0 heterocycles. The topological polar surface area (TPSA) is 64.6 Å². The summed E-state index contributed by atoms with van der Waals surface area (Å²) >= 11 is 15.1. The van der Waals surface area contributed by atoms with Crippen molar-refractivity contribution in [3.63, 3.8) is 0 Å². The number of nitrogens with one attached hydrogen (secondary N) is 1. The lowest BCUT2D eigenvalue weighted by Crippen LogP contribution is -2.20. The molecule has 8 heteroatoms. The minimum absolute atomic E-state index is 0.237. The summed E-state index contributed by atoms with van der Waals surface area (Å²) < 4.78 is 10.6. The Morgan fingerprint density at radius 1 is 1.17 bits per heavy atom. The first-order chi connectivity index (χ1) is 11.4. The fourth-order valence-corrected chi connectivity index (χ4v) is 2.62. The van der Waals surface area contributed by atoms with Crippen LogP contribution in [0.5, 0.6) is 5.75 Å². The molecule has 0 spiro atoms. The third kappa shape index (κ3) is 4.87. The van der Waals surface area contributed by atoms with Crippen LogP contribution in [0.1, 0.15) is 10.4 Å². The van der Waals surface area contributed by atoms with E-state index in [1.165, 1.54) is 13.2 Å². The summed E-state index contributed by atoms with van der Waals surface area (Å²) in [4.78, 5) is 23.4. The highest BCUT2D eigenvalue weighted by Crippen LogP contribution is 2.27. The number of esters is 1. The van der Waals surface area contributed by atoms with E-state index in [-0.39, 0.29) is 6.61 Å². The van der Waals surface area contributed by atoms with E-state index < -0.39 is 11.9 Å². The van der Waals surface area contributed by atoms with E-state index in [4.69, 9.17) is 27.9 Å². The van der Waals surface area contributed by atoms with Gasteiger partial charge in [-0.25, -0.2) is 4.79 Å². The summed E-state index contributed by atoms with van der Waals surface area (Å²) in [6.45, 7) is -0.237. The maximum atomic E-state index is 12.0. The molecule has 0 aliphatic heterocycles. The molecule has 0 aliphatic carbocycles. The van der Waals surface area contributed by atoms with Gasteiger partial charge in [0.2, 0.25) is 0 Å². The van der Waals surface area contributed by atoms with Crippen LogP contribution in [0.4, 0.5) is 5.69 Å². The predicted molar refractivity (Wildman–Crippen MR) is 96.1 cm³/mol. The molecule has 0 bridgehead atoms. The predicted octanol–water partition coefficient (Wildman–Crippen LogP) is 4.56. The first kappa shape index (κ1) is 18.6.